The fourth-order valence-corrected chi connectivity index (χ4v) is 3.30. The predicted octanol–water partition coefficient (Wildman–Crippen LogP) is 3.59. The van der Waals surface area contributed by atoms with Crippen molar-refractivity contribution in [1.29, 1.82) is 0 Å². The maximum Gasteiger partial charge on any atom is 0.231 e. The van der Waals surface area contributed by atoms with Crippen molar-refractivity contribution < 1.29 is 23.9 Å². The van der Waals surface area contributed by atoms with Gasteiger partial charge in [-0.3, -0.25) is 14.9 Å². The van der Waals surface area contributed by atoms with Crippen LogP contribution >= 0.6 is 0 Å². The Morgan fingerprint density at radius 1 is 1.14 bits per heavy atom. The van der Waals surface area contributed by atoms with Crippen LogP contribution in [0.25, 0.3) is 0 Å². The Labute approximate surface area is 163 Å². The number of fused-ring (bicyclic) bond motifs is 1. The zero-order valence-corrected chi connectivity index (χ0v) is 15.9. The highest BCUT2D eigenvalue weighted by Gasteiger charge is 2.33. The van der Waals surface area contributed by atoms with Gasteiger partial charge in [0.15, 0.2) is 17.3 Å². The number of ether oxygens (including phenoxy) is 3. The summed E-state index contributed by atoms with van der Waals surface area (Å²) in [6.45, 7) is 3.48. The molecule has 2 aromatic carbocycles. The molecule has 0 amide bonds. The van der Waals surface area contributed by atoms with Crippen molar-refractivity contribution in [2.75, 3.05) is 13.3 Å². The maximum absolute atomic E-state index is 12.9. The van der Waals surface area contributed by atoms with E-state index in [0.29, 0.717) is 23.7 Å². The average molecular weight is 385 g/mol. The molecule has 0 bridgehead atoms. The summed E-state index contributed by atoms with van der Waals surface area (Å²) in [5, 5.41) is 11.2. The second-order valence-corrected chi connectivity index (χ2v) is 6.86. The molecule has 1 aliphatic heterocycles. The molecule has 1 aliphatic rings. The minimum absolute atomic E-state index is 0.123. The molecule has 1 heterocycles. The Balaban J connectivity index is 1.72. The van der Waals surface area contributed by atoms with Crippen LogP contribution in [0.2, 0.25) is 0 Å². The van der Waals surface area contributed by atoms with Crippen LogP contribution in [-0.2, 0) is 16.1 Å². The third-order valence-corrected chi connectivity index (χ3v) is 4.97. The summed E-state index contributed by atoms with van der Waals surface area (Å²) in [5.41, 5.74) is 1.64. The molecule has 2 aromatic rings. The molecular weight excluding hydrogens is 362 g/mol. The van der Waals surface area contributed by atoms with Gasteiger partial charge >= 0.3 is 0 Å². The van der Waals surface area contributed by atoms with Gasteiger partial charge in [0, 0.05) is 10.8 Å². The van der Waals surface area contributed by atoms with E-state index in [0.717, 1.165) is 5.56 Å². The van der Waals surface area contributed by atoms with Crippen LogP contribution in [0.5, 0.6) is 11.5 Å². The number of benzene rings is 2. The second-order valence-electron chi connectivity index (χ2n) is 6.86. The number of hydrogen-bond donors (Lipinski definition) is 0. The lowest BCUT2D eigenvalue weighted by atomic mass is 9.83. The zero-order valence-electron chi connectivity index (χ0n) is 15.9. The summed E-state index contributed by atoms with van der Waals surface area (Å²) in [5.74, 6) is -0.196. The molecule has 148 valence electrons. The Bertz CT molecular complexity index is 838. The van der Waals surface area contributed by atoms with E-state index in [9.17, 15) is 14.9 Å². The molecule has 0 aromatic heterocycles. The number of hydrogen-bond acceptors (Lipinski definition) is 6. The fraction of sp³-hybridized carbons (Fsp3) is 0.381. The highest BCUT2D eigenvalue weighted by Crippen LogP contribution is 2.37. The van der Waals surface area contributed by atoms with Crippen LogP contribution in [0, 0.1) is 16.0 Å². The third-order valence-electron chi connectivity index (χ3n) is 4.97. The summed E-state index contributed by atoms with van der Waals surface area (Å²) < 4.78 is 16.4. The first-order valence-electron chi connectivity index (χ1n) is 9.16. The Morgan fingerprint density at radius 3 is 2.57 bits per heavy atom. The maximum atomic E-state index is 12.9. The van der Waals surface area contributed by atoms with Gasteiger partial charge in [-0.15, -0.1) is 0 Å². The Morgan fingerprint density at radius 2 is 1.86 bits per heavy atom. The average Bonchev–Trinajstić information content (AvgIpc) is 3.17. The smallest absolute Gasteiger partial charge is 0.231 e. The first-order valence-corrected chi connectivity index (χ1v) is 9.16. The van der Waals surface area contributed by atoms with E-state index in [4.69, 9.17) is 14.2 Å². The van der Waals surface area contributed by atoms with Gasteiger partial charge in [0.2, 0.25) is 13.3 Å². The number of nitro groups is 1. The van der Waals surface area contributed by atoms with Gasteiger partial charge in [-0.2, -0.15) is 0 Å². The first kappa shape index (κ1) is 19.8. The van der Waals surface area contributed by atoms with Gasteiger partial charge in [0.05, 0.1) is 12.5 Å². The number of carbonyl (C=O) groups excluding carboxylic acids is 1. The van der Waals surface area contributed by atoms with Gasteiger partial charge in [-0.05, 0) is 30.2 Å². The van der Waals surface area contributed by atoms with Crippen molar-refractivity contribution in [2.24, 2.45) is 5.92 Å². The lowest BCUT2D eigenvalue weighted by Crippen LogP contribution is -2.33. The van der Waals surface area contributed by atoms with Gasteiger partial charge in [0.1, 0.15) is 6.10 Å². The molecular formula is C21H23NO6. The molecule has 3 atom stereocenters. The summed E-state index contributed by atoms with van der Waals surface area (Å²) >= 11 is 0. The minimum atomic E-state index is -0.668. The van der Waals surface area contributed by atoms with E-state index < -0.39 is 22.9 Å². The van der Waals surface area contributed by atoms with E-state index in [1.54, 1.807) is 32.0 Å². The molecule has 0 unspecified atom stereocenters. The lowest BCUT2D eigenvalue weighted by molar-refractivity contribution is -0.484. The highest BCUT2D eigenvalue weighted by atomic mass is 16.7. The topological polar surface area (TPSA) is 87.9 Å². The Hall–Kier alpha value is -2.93. The monoisotopic (exact) mass is 385 g/mol. The Kier molecular flexibility index (Phi) is 6.26. The van der Waals surface area contributed by atoms with Crippen molar-refractivity contribution in [3.8, 4) is 11.5 Å². The molecule has 28 heavy (non-hydrogen) atoms. The fourth-order valence-electron chi connectivity index (χ4n) is 3.30. The zero-order chi connectivity index (χ0) is 20.1. The molecule has 0 saturated carbocycles. The van der Waals surface area contributed by atoms with E-state index in [1.165, 1.54) is 0 Å². The van der Waals surface area contributed by atoms with Gasteiger partial charge in [-0.1, -0.05) is 43.3 Å². The normalized spacial score (nSPS) is 15.6. The van der Waals surface area contributed by atoms with Crippen molar-refractivity contribution in [2.45, 2.75) is 32.5 Å². The quantitative estimate of drug-likeness (QED) is 0.484. The van der Waals surface area contributed by atoms with Crippen LogP contribution < -0.4 is 9.47 Å². The summed E-state index contributed by atoms with van der Waals surface area (Å²) in [6, 6.07) is 14.7. The second kappa shape index (κ2) is 8.84. The molecule has 0 N–H and O–H groups in total. The molecule has 0 aliphatic carbocycles. The highest BCUT2D eigenvalue weighted by molar-refractivity contribution is 5.85. The van der Waals surface area contributed by atoms with Crippen molar-refractivity contribution in [1.82, 2.24) is 0 Å². The molecule has 0 saturated heterocycles. The third kappa shape index (κ3) is 4.67. The minimum Gasteiger partial charge on any atom is -0.454 e. The number of rotatable bonds is 9. The molecule has 3 rings (SSSR count). The van der Waals surface area contributed by atoms with Crippen LogP contribution in [0.1, 0.15) is 30.9 Å². The van der Waals surface area contributed by atoms with Crippen molar-refractivity contribution in [3.63, 3.8) is 0 Å². The van der Waals surface area contributed by atoms with Crippen LogP contribution in [-0.4, -0.2) is 30.1 Å². The van der Waals surface area contributed by atoms with Crippen molar-refractivity contribution in [3.05, 3.63) is 69.8 Å². The van der Waals surface area contributed by atoms with Gasteiger partial charge in [0.25, 0.3) is 0 Å². The first-order chi connectivity index (χ1) is 13.5. The van der Waals surface area contributed by atoms with Crippen LogP contribution in [0.3, 0.4) is 0 Å². The number of carbonyl (C=O) groups is 1. The number of ketones is 1. The lowest BCUT2D eigenvalue weighted by Gasteiger charge is -2.23. The number of nitrogens with zero attached hydrogens (tertiary/aromatic N) is 1. The molecule has 7 heteroatoms. The standard InChI is InChI=1S/C21H23NO6/c1-14(21(23)15(2)26-12-16-6-4-3-5-7-16)18(11-22(24)25)17-8-9-19-20(10-17)28-13-27-19/h3-10,14-15,18H,11-13H2,1-2H3/t14-,15-,18+/m0/s1. The molecule has 0 fully saturated rings. The van der Waals surface area contributed by atoms with E-state index in [1.807, 2.05) is 30.3 Å². The van der Waals surface area contributed by atoms with Crippen molar-refractivity contribution >= 4 is 5.78 Å². The summed E-state index contributed by atoms with van der Waals surface area (Å²) in [7, 11) is 0. The van der Waals surface area contributed by atoms with Crippen LogP contribution in [0.15, 0.2) is 48.5 Å². The predicted molar refractivity (Wildman–Crippen MR) is 102 cm³/mol. The van der Waals surface area contributed by atoms with Gasteiger partial charge in [-0.25, -0.2) is 0 Å². The van der Waals surface area contributed by atoms with E-state index in [2.05, 4.69) is 0 Å². The molecule has 0 spiro atoms. The SMILES string of the molecule is C[C@H](OCc1ccccc1)C(=O)[C@@H](C)[C@@H](C[N+](=O)[O-])c1ccc2c(c1)OCO2. The van der Waals surface area contributed by atoms with E-state index >= 15 is 0 Å². The molecule has 0 radical (unpaired) electrons. The number of Topliss-reactive ketones (excluding diaryl/α,β-unsaturated/α-hetero) is 1. The largest absolute Gasteiger partial charge is 0.454 e. The summed E-state index contributed by atoms with van der Waals surface area (Å²) in [6.07, 6.45) is -0.668. The summed E-state index contributed by atoms with van der Waals surface area (Å²) in [4.78, 5) is 23.7. The molecule has 7 nitrogen and oxygen atoms in total. The van der Waals surface area contributed by atoms with Crippen LogP contribution in [0.4, 0.5) is 0 Å². The van der Waals surface area contributed by atoms with Gasteiger partial charge < -0.3 is 14.2 Å². The van der Waals surface area contributed by atoms with E-state index in [-0.39, 0.29) is 19.1 Å².